The lowest BCUT2D eigenvalue weighted by Gasteiger charge is -2.55. The van der Waals surface area contributed by atoms with E-state index in [2.05, 4.69) is 16.7 Å². The van der Waals surface area contributed by atoms with Gasteiger partial charge in [0.05, 0.1) is 6.17 Å². The standard InChI is InChI=1S/C31H58N2/c1-2-3-4-17-26-31(32(27-18-9-5-10-19-27)28-20-11-6-12-21-28)33(29-22-13-7-14-23-29)30-24-15-8-16-25-30/h27-31H,2-26H2,1H3. The first kappa shape index (κ1) is 26.0. The molecular formula is C31H58N2. The molecule has 4 aliphatic carbocycles. The summed E-state index contributed by atoms with van der Waals surface area (Å²) in [6.45, 7) is 2.38. The van der Waals surface area contributed by atoms with E-state index in [9.17, 15) is 0 Å². The molecule has 4 rings (SSSR count). The van der Waals surface area contributed by atoms with E-state index >= 15 is 0 Å². The Bertz CT molecular complexity index is 419. The van der Waals surface area contributed by atoms with Crippen LogP contribution in [0.4, 0.5) is 0 Å². The number of unbranched alkanes of at least 4 members (excludes halogenated alkanes) is 3. The van der Waals surface area contributed by atoms with Crippen LogP contribution in [-0.2, 0) is 0 Å². The van der Waals surface area contributed by atoms with Gasteiger partial charge in [-0.05, 0) is 57.8 Å². The largest absolute Gasteiger partial charge is 0.282 e. The monoisotopic (exact) mass is 458 g/mol. The van der Waals surface area contributed by atoms with Gasteiger partial charge in [-0.3, -0.25) is 9.80 Å². The Hall–Kier alpha value is -0.0800. The van der Waals surface area contributed by atoms with Gasteiger partial charge in [-0.25, -0.2) is 0 Å². The first-order valence-corrected chi connectivity index (χ1v) is 15.9. The maximum atomic E-state index is 3.26. The van der Waals surface area contributed by atoms with Crippen LogP contribution in [0.15, 0.2) is 0 Å². The minimum absolute atomic E-state index is 0.749. The number of rotatable bonds is 11. The van der Waals surface area contributed by atoms with Gasteiger partial charge in [0.1, 0.15) is 0 Å². The summed E-state index contributed by atoms with van der Waals surface area (Å²) in [6.07, 6.45) is 37.7. The van der Waals surface area contributed by atoms with Gasteiger partial charge >= 0.3 is 0 Å². The molecule has 0 aromatic heterocycles. The molecule has 192 valence electrons. The first-order chi connectivity index (χ1) is 16.4. The molecule has 0 radical (unpaired) electrons. The summed E-state index contributed by atoms with van der Waals surface area (Å²) in [4.78, 5) is 6.51. The summed E-state index contributed by atoms with van der Waals surface area (Å²) in [5.74, 6) is 0. The van der Waals surface area contributed by atoms with Crippen LogP contribution in [0.2, 0.25) is 0 Å². The smallest absolute Gasteiger partial charge is 0.0632 e. The van der Waals surface area contributed by atoms with Crippen molar-refractivity contribution in [3.8, 4) is 0 Å². The third kappa shape index (κ3) is 7.45. The lowest BCUT2D eigenvalue weighted by atomic mass is 9.84. The van der Waals surface area contributed by atoms with Crippen molar-refractivity contribution >= 4 is 0 Å². The molecule has 0 saturated heterocycles. The Morgan fingerprint density at radius 3 is 1.09 bits per heavy atom. The predicted octanol–water partition coefficient (Wildman–Crippen LogP) is 9.22. The second-order valence-electron chi connectivity index (χ2n) is 12.4. The van der Waals surface area contributed by atoms with E-state index in [4.69, 9.17) is 0 Å². The normalized spacial score (nSPS) is 25.5. The van der Waals surface area contributed by atoms with Crippen LogP contribution in [0.25, 0.3) is 0 Å². The summed E-state index contributed by atoms with van der Waals surface area (Å²) >= 11 is 0. The Labute approximate surface area is 207 Å². The molecule has 2 nitrogen and oxygen atoms in total. The van der Waals surface area contributed by atoms with Gasteiger partial charge in [0.15, 0.2) is 0 Å². The van der Waals surface area contributed by atoms with Gasteiger partial charge in [0.25, 0.3) is 0 Å². The SMILES string of the molecule is CCCCCCC(N(C1CCCCC1)C1CCCCC1)N(C1CCCCC1)C1CCCCC1. The molecule has 0 aliphatic heterocycles. The van der Waals surface area contributed by atoms with Crippen LogP contribution in [0.3, 0.4) is 0 Å². The van der Waals surface area contributed by atoms with E-state index in [1.54, 1.807) is 0 Å². The average molecular weight is 459 g/mol. The molecule has 2 heteroatoms. The van der Waals surface area contributed by atoms with Crippen LogP contribution in [-0.4, -0.2) is 40.1 Å². The highest BCUT2D eigenvalue weighted by atomic mass is 15.4. The van der Waals surface area contributed by atoms with E-state index < -0.39 is 0 Å². The van der Waals surface area contributed by atoms with Gasteiger partial charge in [-0.2, -0.15) is 0 Å². The molecule has 0 aromatic rings. The van der Waals surface area contributed by atoms with Crippen molar-refractivity contribution in [3.05, 3.63) is 0 Å². The number of hydrogen-bond acceptors (Lipinski definition) is 2. The van der Waals surface area contributed by atoms with Crippen molar-refractivity contribution in [2.24, 2.45) is 0 Å². The molecule has 0 spiro atoms. The van der Waals surface area contributed by atoms with Gasteiger partial charge in [0, 0.05) is 24.2 Å². The molecule has 0 amide bonds. The van der Waals surface area contributed by atoms with Gasteiger partial charge in [0.2, 0.25) is 0 Å². The molecule has 4 aliphatic rings. The van der Waals surface area contributed by atoms with Crippen LogP contribution < -0.4 is 0 Å². The van der Waals surface area contributed by atoms with Crippen molar-refractivity contribution in [2.75, 3.05) is 0 Å². The maximum absolute atomic E-state index is 3.26. The van der Waals surface area contributed by atoms with Crippen molar-refractivity contribution < 1.29 is 0 Å². The fourth-order valence-electron chi connectivity index (χ4n) is 8.29. The van der Waals surface area contributed by atoms with Gasteiger partial charge < -0.3 is 0 Å². The van der Waals surface area contributed by atoms with E-state index in [0.717, 1.165) is 30.3 Å². The maximum Gasteiger partial charge on any atom is 0.0632 e. The molecular weight excluding hydrogens is 400 g/mol. The second-order valence-corrected chi connectivity index (χ2v) is 12.4. The lowest BCUT2D eigenvalue weighted by molar-refractivity contribution is -0.0916. The Morgan fingerprint density at radius 2 is 0.788 bits per heavy atom. The molecule has 0 aromatic carbocycles. The second kappa shape index (κ2) is 14.5. The zero-order chi connectivity index (χ0) is 22.7. The molecule has 0 unspecified atom stereocenters. The van der Waals surface area contributed by atoms with Crippen molar-refractivity contribution in [3.63, 3.8) is 0 Å². The van der Waals surface area contributed by atoms with Crippen LogP contribution >= 0.6 is 0 Å². The van der Waals surface area contributed by atoms with Gasteiger partial charge in [-0.1, -0.05) is 110 Å². The summed E-state index contributed by atoms with van der Waals surface area (Å²) < 4.78 is 0. The Balaban J connectivity index is 1.62. The first-order valence-electron chi connectivity index (χ1n) is 15.9. The Morgan fingerprint density at radius 1 is 0.455 bits per heavy atom. The van der Waals surface area contributed by atoms with Crippen LogP contribution in [0.5, 0.6) is 0 Å². The molecule has 33 heavy (non-hydrogen) atoms. The average Bonchev–Trinajstić information content (AvgIpc) is 2.89. The van der Waals surface area contributed by atoms with E-state index in [1.165, 1.54) is 161 Å². The van der Waals surface area contributed by atoms with Crippen LogP contribution in [0, 0.1) is 0 Å². The zero-order valence-corrected chi connectivity index (χ0v) is 22.5. The highest BCUT2D eigenvalue weighted by Crippen LogP contribution is 2.39. The van der Waals surface area contributed by atoms with E-state index in [-0.39, 0.29) is 0 Å². The highest BCUT2D eigenvalue weighted by Gasteiger charge is 2.41. The summed E-state index contributed by atoms with van der Waals surface area (Å²) in [7, 11) is 0. The summed E-state index contributed by atoms with van der Waals surface area (Å²) in [6, 6.07) is 3.53. The van der Waals surface area contributed by atoms with Gasteiger partial charge in [-0.15, -0.1) is 0 Å². The summed E-state index contributed by atoms with van der Waals surface area (Å²) in [5, 5.41) is 0. The molecule has 4 fully saturated rings. The number of nitrogens with zero attached hydrogens (tertiary/aromatic N) is 2. The number of hydrogen-bond donors (Lipinski definition) is 0. The minimum atomic E-state index is 0.749. The summed E-state index contributed by atoms with van der Waals surface area (Å²) in [5.41, 5.74) is 0. The Kier molecular flexibility index (Phi) is 11.4. The predicted molar refractivity (Wildman–Crippen MR) is 144 cm³/mol. The molecule has 4 saturated carbocycles. The third-order valence-electron chi connectivity index (χ3n) is 9.99. The zero-order valence-electron chi connectivity index (χ0n) is 22.5. The molecule has 0 bridgehead atoms. The molecule has 0 N–H and O–H groups in total. The minimum Gasteiger partial charge on any atom is -0.282 e. The van der Waals surface area contributed by atoms with Crippen LogP contribution in [0.1, 0.15) is 167 Å². The third-order valence-corrected chi connectivity index (χ3v) is 9.99. The lowest BCUT2D eigenvalue weighted by Crippen LogP contribution is -2.62. The van der Waals surface area contributed by atoms with E-state index in [0.29, 0.717) is 0 Å². The van der Waals surface area contributed by atoms with Crippen molar-refractivity contribution in [1.29, 1.82) is 0 Å². The highest BCUT2D eigenvalue weighted by molar-refractivity contribution is 4.94. The van der Waals surface area contributed by atoms with E-state index in [1.807, 2.05) is 0 Å². The quantitative estimate of drug-likeness (QED) is 0.225. The fraction of sp³-hybridized carbons (Fsp3) is 1.00. The molecule has 0 atom stereocenters. The topological polar surface area (TPSA) is 6.48 Å². The fourth-order valence-corrected chi connectivity index (χ4v) is 8.29. The molecule has 0 heterocycles. The van der Waals surface area contributed by atoms with Crippen molar-refractivity contribution in [1.82, 2.24) is 9.80 Å². The van der Waals surface area contributed by atoms with Crippen molar-refractivity contribution in [2.45, 2.75) is 198 Å².